The lowest BCUT2D eigenvalue weighted by Gasteiger charge is -2.21. The Kier molecular flexibility index (Phi) is 5.19. The van der Waals surface area contributed by atoms with Crippen LogP contribution in [0, 0.1) is 0 Å². The molecule has 0 aliphatic carbocycles. The summed E-state index contributed by atoms with van der Waals surface area (Å²) in [4.78, 5) is 1.92. The molecular weight excluding hydrogens is 368 g/mol. The third-order valence-electron chi connectivity index (χ3n) is 4.79. The lowest BCUT2D eigenvalue weighted by Crippen LogP contribution is -2.25. The van der Waals surface area contributed by atoms with E-state index in [-0.39, 0.29) is 6.04 Å². The number of benzene rings is 4. The van der Waals surface area contributed by atoms with Gasteiger partial charge in [0.1, 0.15) is 0 Å². The summed E-state index contributed by atoms with van der Waals surface area (Å²) < 4.78 is 0. The standard InChI is InChI=1S/C23H22N2S2/c1-15(25-23-19-9-5-3-7-17(19)11-13-21(23)27)14-24-22-18-8-4-2-6-16(18)10-12-20(22)26/h2-13,15,24-27H,14H2,1H3. The molecule has 1 unspecified atom stereocenters. The van der Waals surface area contributed by atoms with Gasteiger partial charge in [-0.15, -0.1) is 25.3 Å². The first-order valence-electron chi connectivity index (χ1n) is 9.05. The molecule has 0 fully saturated rings. The molecule has 2 N–H and O–H groups in total. The van der Waals surface area contributed by atoms with E-state index in [1.54, 1.807) is 0 Å². The Morgan fingerprint density at radius 1 is 0.704 bits per heavy atom. The molecule has 0 bridgehead atoms. The summed E-state index contributed by atoms with van der Waals surface area (Å²) in [5.41, 5.74) is 2.16. The molecule has 4 aromatic rings. The van der Waals surface area contributed by atoms with E-state index >= 15 is 0 Å². The van der Waals surface area contributed by atoms with Crippen LogP contribution in [0.1, 0.15) is 6.92 Å². The molecule has 0 heterocycles. The van der Waals surface area contributed by atoms with Crippen molar-refractivity contribution in [3.8, 4) is 0 Å². The Labute approximate surface area is 170 Å². The fraction of sp³-hybridized carbons (Fsp3) is 0.130. The van der Waals surface area contributed by atoms with E-state index in [0.717, 1.165) is 27.7 Å². The molecule has 0 aliphatic rings. The van der Waals surface area contributed by atoms with Crippen molar-refractivity contribution in [3.05, 3.63) is 72.8 Å². The molecule has 0 aliphatic heterocycles. The predicted octanol–water partition coefficient (Wildman–Crippen LogP) is 6.48. The van der Waals surface area contributed by atoms with E-state index in [2.05, 4.69) is 103 Å². The van der Waals surface area contributed by atoms with E-state index in [1.165, 1.54) is 21.5 Å². The number of nitrogens with one attached hydrogen (secondary N) is 2. The van der Waals surface area contributed by atoms with Crippen LogP contribution in [0.2, 0.25) is 0 Å². The topological polar surface area (TPSA) is 24.1 Å². The zero-order chi connectivity index (χ0) is 18.8. The van der Waals surface area contributed by atoms with Crippen LogP contribution >= 0.6 is 25.3 Å². The average Bonchev–Trinajstić information content (AvgIpc) is 2.69. The number of anilines is 2. The summed E-state index contributed by atoms with van der Waals surface area (Å²) in [7, 11) is 0. The van der Waals surface area contributed by atoms with Gasteiger partial charge in [-0.05, 0) is 29.8 Å². The van der Waals surface area contributed by atoms with Gasteiger partial charge in [0.05, 0.1) is 11.4 Å². The quantitative estimate of drug-likeness (QED) is 0.293. The van der Waals surface area contributed by atoms with Gasteiger partial charge >= 0.3 is 0 Å². The van der Waals surface area contributed by atoms with Crippen LogP contribution in [0.3, 0.4) is 0 Å². The Bertz CT molecular complexity index is 1110. The second kappa shape index (κ2) is 7.75. The second-order valence-corrected chi connectivity index (χ2v) is 7.75. The van der Waals surface area contributed by atoms with Crippen LogP contribution in [0.5, 0.6) is 0 Å². The molecule has 27 heavy (non-hydrogen) atoms. The molecule has 4 aromatic carbocycles. The zero-order valence-corrected chi connectivity index (χ0v) is 16.9. The molecule has 0 saturated carbocycles. The highest BCUT2D eigenvalue weighted by atomic mass is 32.1. The monoisotopic (exact) mass is 390 g/mol. The first-order valence-corrected chi connectivity index (χ1v) is 9.95. The summed E-state index contributed by atoms with van der Waals surface area (Å²) in [6.45, 7) is 2.95. The highest BCUT2D eigenvalue weighted by Crippen LogP contribution is 2.32. The Hall–Kier alpha value is -2.30. The van der Waals surface area contributed by atoms with E-state index in [9.17, 15) is 0 Å². The SMILES string of the molecule is CC(CNc1c(S)ccc2ccccc12)Nc1c(S)ccc2ccccc12. The van der Waals surface area contributed by atoms with Gasteiger partial charge in [-0.3, -0.25) is 0 Å². The number of fused-ring (bicyclic) bond motifs is 2. The lowest BCUT2D eigenvalue weighted by atomic mass is 10.1. The van der Waals surface area contributed by atoms with Crippen LogP contribution < -0.4 is 10.6 Å². The number of rotatable bonds is 5. The molecule has 0 aromatic heterocycles. The van der Waals surface area contributed by atoms with E-state index in [0.29, 0.717) is 0 Å². The highest BCUT2D eigenvalue weighted by molar-refractivity contribution is 7.80. The Balaban J connectivity index is 1.56. The van der Waals surface area contributed by atoms with Crippen molar-refractivity contribution in [3.63, 3.8) is 0 Å². The molecule has 0 amide bonds. The molecule has 4 rings (SSSR count). The first kappa shape index (κ1) is 18.1. The van der Waals surface area contributed by atoms with Crippen molar-refractivity contribution in [2.45, 2.75) is 22.8 Å². The molecule has 0 saturated heterocycles. The van der Waals surface area contributed by atoms with Gasteiger partial charge in [0.15, 0.2) is 0 Å². The second-order valence-electron chi connectivity index (χ2n) is 6.79. The maximum Gasteiger partial charge on any atom is 0.0558 e. The fourth-order valence-corrected chi connectivity index (χ4v) is 3.94. The molecule has 1 atom stereocenters. The van der Waals surface area contributed by atoms with Crippen molar-refractivity contribution in [1.29, 1.82) is 0 Å². The van der Waals surface area contributed by atoms with Crippen molar-refractivity contribution >= 4 is 58.2 Å². The predicted molar refractivity (Wildman–Crippen MR) is 124 cm³/mol. The van der Waals surface area contributed by atoms with E-state index < -0.39 is 0 Å². The number of thiol groups is 2. The Morgan fingerprint density at radius 3 is 1.85 bits per heavy atom. The summed E-state index contributed by atoms with van der Waals surface area (Å²) in [6, 6.07) is 25.3. The normalized spacial score (nSPS) is 12.3. The van der Waals surface area contributed by atoms with Gasteiger partial charge in [-0.25, -0.2) is 0 Å². The molecular formula is C23H22N2S2. The number of hydrogen-bond donors (Lipinski definition) is 4. The van der Waals surface area contributed by atoms with E-state index in [1.807, 2.05) is 12.1 Å². The summed E-state index contributed by atoms with van der Waals surface area (Å²) in [6.07, 6.45) is 0. The molecule has 136 valence electrons. The first-order chi connectivity index (χ1) is 13.1. The third-order valence-corrected chi connectivity index (χ3v) is 5.54. The van der Waals surface area contributed by atoms with Gasteiger partial charge in [-0.2, -0.15) is 0 Å². The largest absolute Gasteiger partial charge is 0.382 e. The van der Waals surface area contributed by atoms with Crippen molar-refractivity contribution in [1.82, 2.24) is 0 Å². The minimum absolute atomic E-state index is 0.216. The average molecular weight is 391 g/mol. The number of hydrogen-bond acceptors (Lipinski definition) is 4. The molecule has 4 heteroatoms. The summed E-state index contributed by atoms with van der Waals surface area (Å²) in [5, 5.41) is 12.0. The fourth-order valence-electron chi connectivity index (χ4n) is 3.41. The smallest absolute Gasteiger partial charge is 0.0558 e. The maximum atomic E-state index is 4.66. The van der Waals surface area contributed by atoms with E-state index in [4.69, 9.17) is 0 Å². The van der Waals surface area contributed by atoms with Crippen molar-refractivity contribution < 1.29 is 0 Å². The minimum Gasteiger partial charge on any atom is -0.382 e. The van der Waals surface area contributed by atoms with Crippen LogP contribution in [0.25, 0.3) is 21.5 Å². The molecule has 0 spiro atoms. The maximum absolute atomic E-state index is 4.66. The van der Waals surface area contributed by atoms with Gasteiger partial charge in [0, 0.05) is 33.2 Å². The molecule has 0 radical (unpaired) electrons. The van der Waals surface area contributed by atoms with Crippen LogP contribution in [-0.4, -0.2) is 12.6 Å². The van der Waals surface area contributed by atoms with Crippen LogP contribution in [0.15, 0.2) is 82.6 Å². The van der Waals surface area contributed by atoms with Crippen molar-refractivity contribution in [2.75, 3.05) is 17.2 Å². The highest BCUT2D eigenvalue weighted by Gasteiger charge is 2.10. The van der Waals surface area contributed by atoms with Crippen LogP contribution in [0.4, 0.5) is 11.4 Å². The van der Waals surface area contributed by atoms with Gasteiger partial charge in [-0.1, -0.05) is 60.7 Å². The van der Waals surface area contributed by atoms with Crippen molar-refractivity contribution in [2.24, 2.45) is 0 Å². The lowest BCUT2D eigenvalue weighted by molar-refractivity contribution is 0.833. The molecule has 2 nitrogen and oxygen atoms in total. The minimum atomic E-state index is 0.216. The van der Waals surface area contributed by atoms with Crippen LogP contribution in [-0.2, 0) is 0 Å². The summed E-state index contributed by atoms with van der Waals surface area (Å²) in [5.74, 6) is 0. The van der Waals surface area contributed by atoms with Gasteiger partial charge in [0.25, 0.3) is 0 Å². The Morgan fingerprint density at radius 2 is 1.22 bits per heavy atom. The van der Waals surface area contributed by atoms with Gasteiger partial charge < -0.3 is 10.6 Å². The third kappa shape index (κ3) is 3.73. The van der Waals surface area contributed by atoms with Gasteiger partial charge in [0.2, 0.25) is 0 Å². The zero-order valence-electron chi connectivity index (χ0n) is 15.1. The summed E-state index contributed by atoms with van der Waals surface area (Å²) >= 11 is 9.30.